The van der Waals surface area contributed by atoms with Gasteiger partial charge in [0, 0.05) is 11.8 Å². The Labute approximate surface area is 86.4 Å². The van der Waals surface area contributed by atoms with Gasteiger partial charge in [0.25, 0.3) is 0 Å². The van der Waals surface area contributed by atoms with Crippen LogP contribution in [-0.4, -0.2) is 4.98 Å². The quantitative estimate of drug-likeness (QED) is 0.695. The number of halogens is 2. The molecule has 0 spiro atoms. The standard InChI is InChI=1S/C12H9F2N/c1-8-6-10(13)11(14)7-9(8)12-4-2-3-5-15-12/h2-7H,1H3. The van der Waals surface area contributed by atoms with Gasteiger partial charge in [-0.25, -0.2) is 8.78 Å². The third-order valence-corrected chi connectivity index (χ3v) is 2.21. The molecule has 0 atom stereocenters. The fourth-order valence-corrected chi connectivity index (χ4v) is 1.44. The highest BCUT2D eigenvalue weighted by atomic mass is 19.2. The molecule has 15 heavy (non-hydrogen) atoms. The number of pyridine rings is 1. The molecule has 0 amide bonds. The van der Waals surface area contributed by atoms with Crippen LogP contribution < -0.4 is 0 Å². The van der Waals surface area contributed by atoms with E-state index in [9.17, 15) is 8.78 Å². The normalized spacial score (nSPS) is 10.3. The lowest BCUT2D eigenvalue weighted by molar-refractivity contribution is 0.508. The van der Waals surface area contributed by atoms with Gasteiger partial charge in [0.05, 0.1) is 5.69 Å². The van der Waals surface area contributed by atoms with Crippen LogP contribution in [0.2, 0.25) is 0 Å². The average molecular weight is 205 g/mol. The Hall–Kier alpha value is -1.77. The highest BCUT2D eigenvalue weighted by Gasteiger charge is 2.08. The highest BCUT2D eigenvalue weighted by Crippen LogP contribution is 2.23. The second-order valence-electron chi connectivity index (χ2n) is 3.30. The van der Waals surface area contributed by atoms with Crippen molar-refractivity contribution in [3.63, 3.8) is 0 Å². The molecule has 0 radical (unpaired) electrons. The molecule has 0 aliphatic rings. The van der Waals surface area contributed by atoms with Crippen molar-refractivity contribution in [3.8, 4) is 11.3 Å². The number of nitrogens with zero attached hydrogens (tertiary/aromatic N) is 1. The number of rotatable bonds is 1. The van der Waals surface area contributed by atoms with Crippen molar-refractivity contribution < 1.29 is 8.78 Å². The number of aromatic nitrogens is 1. The summed E-state index contributed by atoms with van der Waals surface area (Å²) in [5, 5.41) is 0. The van der Waals surface area contributed by atoms with Gasteiger partial charge in [0.2, 0.25) is 0 Å². The van der Waals surface area contributed by atoms with E-state index in [0.29, 0.717) is 16.8 Å². The molecule has 2 aromatic rings. The SMILES string of the molecule is Cc1cc(F)c(F)cc1-c1ccccn1. The summed E-state index contributed by atoms with van der Waals surface area (Å²) >= 11 is 0. The third-order valence-electron chi connectivity index (χ3n) is 2.21. The van der Waals surface area contributed by atoms with E-state index in [1.54, 1.807) is 25.3 Å². The molecule has 0 aliphatic heterocycles. The fraction of sp³-hybridized carbons (Fsp3) is 0.0833. The molecule has 2 rings (SSSR count). The lowest BCUT2D eigenvalue weighted by atomic mass is 10.0. The molecule has 0 fully saturated rings. The van der Waals surface area contributed by atoms with Gasteiger partial charge < -0.3 is 0 Å². The lowest BCUT2D eigenvalue weighted by Gasteiger charge is -2.05. The average Bonchev–Trinajstić information content (AvgIpc) is 2.25. The van der Waals surface area contributed by atoms with Gasteiger partial charge in [0.1, 0.15) is 0 Å². The Morgan fingerprint density at radius 3 is 2.47 bits per heavy atom. The summed E-state index contributed by atoms with van der Waals surface area (Å²) in [6.07, 6.45) is 1.62. The second-order valence-corrected chi connectivity index (χ2v) is 3.30. The molecule has 1 aromatic heterocycles. The minimum absolute atomic E-state index is 0.620. The molecule has 1 aromatic carbocycles. The number of benzene rings is 1. The van der Waals surface area contributed by atoms with Crippen LogP contribution in [0.5, 0.6) is 0 Å². The van der Waals surface area contributed by atoms with E-state index < -0.39 is 11.6 Å². The Kier molecular flexibility index (Phi) is 2.46. The summed E-state index contributed by atoms with van der Waals surface area (Å²) in [5.74, 6) is -1.67. The summed E-state index contributed by atoms with van der Waals surface area (Å²) < 4.78 is 25.9. The summed E-state index contributed by atoms with van der Waals surface area (Å²) in [6, 6.07) is 7.70. The smallest absolute Gasteiger partial charge is 0.159 e. The van der Waals surface area contributed by atoms with Crippen LogP contribution >= 0.6 is 0 Å². The molecule has 0 bridgehead atoms. The van der Waals surface area contributed by atoms with Crippen LogP contribution in [0.15, 0.2) is 36.5 Å². The van der Waals surface area contributed by atoms with Crippen LogP contribution in [0.1, 0.15) is 5.56 Å². The summed E-state index contributed by atoms with van der Waals surface area (Å²) in [7, 11) is 0. The first-order valence-electron chi connectivity index (χ1n) is 4.55. The number of aryl methyl sites for hydroxylation is 1. The molecule has 0 unspecified atom stereocenters. The van der Waals surface area contributed by atoms with Crippen molar-refractivity contribution in [1.29, 1.82) is 0 Å². The molecule has 1 nitrogen and oxygen atoms in total. The summed E-state index contributed by atoms with van der Waals surface area (Å²) in [4.78, 5) is 4.09. The Bertz CT molecular complexity index is 480. The van der Waals surface area contributed by atoms with Gasteiger partial charge in [-0.15, -0.1) is 0 Å². The minimum atomic E-state index is -0.846. The molecule has 76 valence electrons. The Morgan fingerprint density at radius 2 is 1.80 bits per heavy atom. The molecule has 3 heteroatoms. The summed E-state index contributed by atoms with van der Waals surface area (Å²) in [6.45, 7) is 1.73. The van der Waals surface area contributed by atoms with Gasteiger partial charge >= 0.3 is 0 Å². The Balaban J connectivity index is 2.59. The van der Waals surface area contributed by atoms with E-state index in [1.165, 1.54) is 12.1 Å². The first-order valence-corrected chi connectivity index (χ1v) is 4.55. The maximum Gasteiger partial charge on any atom is 0.159 e. The van der Waals surface area contributed by atoms with Crippen molar-refractivity contribution in [2.75, 3.05) is 0 Å². The fourth-order valence-electron chi connectivity index (χ4n) is 1.44. The largest absolute Gasteiger partial charge is 0.256 e. The zero-order valence-electron chi connectivity index (χ0n) is 8.17. The van der Waals surface area contributed by atoms with Gasteiger partial charge in [-0.3, -0.25) is 4.98 Å². The predicted molar refractivity (Wildman–Crippen MR) is 54.3 cm³/mol. The zero-order chi connectivity index (χ0) is 10.8. The zero-order valence-corrected chi connectivity index (χ0v) is 8.17. The van der Waals surface area contributed by atoms with E-state index in [0.717, 1.165) is 0 Å². The van der Waals surface area contributed by atoms with Gasteiger partial charge in [-0.05, 0) is 36.8 Å². The van der Waals surface area contributed by atoms with E-state index in [4.69, 9.17) is 0 Å². The summed E-state index contributed by atoms with van der Waals surface area (Å²) in [5.41, 5.74) is 1.94. The maximum atomic E-state index is 13.0. The maximum absolute atomic E-state index is 13.0. The van der Waals surface area contributed by atoms with Gasteiger partial charge in [-0.1, -0.05) is 6.07 Å². The van der Waals surface area contributed by atoms with E-state index >= 15 is 0 Å². The Morgan fingerprint density at radius 1 is 1.07 bits per heavy atom. The van der Waals surface area contributed by atoms with Crippen molar-refractivity contribution in [3.05, 3.63) is 53.7 Å². The molecule has 1 heterocycles. The number of hydrogen-bond acceptors (Lipinski definition) is 1. The van der Waals surface area contributed by atoms with Crippen LogP contribution in [0.25, 0.3) is 11.3 Å². The van der Waals surface area contributed by atoms with Gasteiger partial charge in [-0.2, -0.15) is 0 Å². The molecular formula is C12H9F2N. The molecule has 0 saturated heterocycles. The molecule has 0 N–H and O–H groups in total. The van der Waals surface area contributed by atoms with E-state index in [2.05, 4.69) is 4.98 Å². The number of hydrogen-bond donors (Lipinski definition) is 0. The monoisotopic (exact) mass is 205 g/mol. The van der Waals surface area contributed by atoms with Crippen LogP contribution in [0, 0.1) is 18.6 Å². The molecule has 0 saturated carbocycles. The first kappa shape index (κ1) is 9.77. The van der Waals surface area contributed by atoms with Crippen molar-refractivity contribution in [1.82, 2.24) is 4.98 Å². The highest BCUT2D eigenvalue weighted by molar-refractivity contribution is 5.63. The second kappa shape index (κ2) is 3.77. The minimum Gasteiger partial charge on any atom is -0.256 e. The first-order chi connectivity index (χ1) is 7.18. The van der Waals surface area contributed by atoms with Crippen molar-refractivity contribution in [2.24, 2.45) is 0 Å². The van der Waals surface area contributed by atoms with Crippen LogP contribution in [-0.2, 0) is 0 Å². The third kappa shape index (κ3) is 1.86. The lowest BCUT2D eigenvalue weighted by Crippen LogP contribution is -1.91. The predicted octanol–water partition coefficient (Wildman–Crippen LogP) is 3.34. The van der Waals surface area contributed by atoms with Crippen molar-refractivity contribution >= 4 is 0 Å². The molecular weight excluding hydrogens is 196 g/mol. The van der Waals surface area contributed by atoms with E-state index in [1.807, 2.05) is 6.07 Å². The van der Waals surface area contributed by atoms with Gasteiger partial charge in [0.15, 0.2) is 11.6 Å². The van der Waals surface area contributed by atoms with E-state index in [-0.39, 0.29) is 0 Å². The van der Waals surface area contributed by atoms with Crippen LogP contribution in [0.4, 0.5) is 8.78 Å². The molecule has 0 aliphatic carbocycles. The van der Waals surface area contributed by atoms with Crippen LogP contribution in [0.3, 0.4) is 0 Å². The van der Waals surface area contributed by atoms with Crippen molar-refractivity contribution in [2.45, 2.75) is 6.92 Å². The topological polar surface area (TPSA) is 12.9 Å².